The average molecular weight is 161 g/mol. The molecule has 0 saturated carbocycles. The fourth-order valence-corrected chi connectivity index (χ4v) is 0.463. The Kier molecular flexibility index (Phi) is 5.46. The van der Waals surface area contributed by atoms with E-state index in [1.165, 1.54) is 0 Å². The number of ether oxygens (including phenoxy) is 2. The average Bonchev–Trinajstić information content (AvgIpc) is 1.85. The van der Waals surface area contributed by atoms with Crippen molar-refractivity contribution < 1.29 is 9.47 Å². The third-order valence-corrected chi connectivity index (χ3v) is 1.07. The number of hydrogen-bond donors (Lipinski definition) is 1. The molecule has 68 valence electrons. The van der Waals surface area contributed by atoms with Gasteiger partial charge >= 0.3 is 0 Å². The quantitative estimate of drug-likeness (QED) is 0.485. The lowest BCUT2D eigenvalue weighted by atomic mass is 10.2. The summed E-state index contributed by atoms with van der Waals surface area (Å²) in [7, 11) is 0. The van der Waals surface area contributed by atoms with E-state index in [4.69, 9.17) is 15.2 Å². The summed E-state index contributed by atoms with van der Waals surface area (Å²) in [6, 6.07) is 0. The molecule has 0 aliphatic heterocycles. The van der Waals surface area contributed by atoms with Crippen molar-refractivity contribution in [2.45, 2.75) is 32.8 Å². The standard InChI is InChI=1S/C8H19NO2/c1-8(2,3)11-7-10-6-4-5-9/h4-7,9H2,1-3H3. The molecule has 0 rings (SSSR count). The maximum atomic E-state index is 5.31. The molecule has 0 spiro atoms. The molecule has 3 nitrogen and oxygen atoms in total. The third-order valence-electron chi connectivity index (χ3n) is 1.07. The van der Waals surface area contributed by atoms with Gasteiger partial charge < -0.3 is 15.2 Å². The smallest absolute Gasteiger partial charge is 0.147 e. The second-order valence-corrected chi connectivity index (χ2v) is 3.43. The fourth-order valence-electron chi connectivity index (χ4n) is 0.463. The zero-order valence-electron chi connectivity index (χ0n) is 7.72. The van der Waals surface area contributed by atoms with Crippen molar-refractivity contribution in [3.8, 4) is 0 Å². The SMILES string of the molecule is CC(C)(C)OCOCCCN. The highest BCUT2D eigenvalue weighted by Crippen LogP contribution is 2.05. The molecule has 0 atom stereocenters. The zero-order chi connectivity index (χ0) is 8.74. The highest BCUT2D eigenvalue weighted by atomic mass is 16.7. The predicted octanol–water partition coefficient (Wildman–Crippen LogP) is 1.12. The maximum absolute atomic E-state index is 5.31. The van der Waals surface area contributed by atoms with Crippen molar-refractivity contribution in [2.24, 2.45) is 5.73 Å². The van der Waals surface area contributed by atoms with Crippen LogP contribution in [0.25, 0.3) is 0 Å². The van der Waals surface area contributed by atoms with Crippen molar-refractivity contribution in [2.75, 3.05) is 19.9 Å². The van der Waals surface area contributed by atoms with Crippen molar-refractivity contribution >= 4 is 0 Å². The molecule has 0 radical (unpaired) electrons. The minimum absolute atomic E-state index is 0.108. The Balaban J connectivity index is 3.02. The fraction of sp³-hybridized carbons (Fsp3) is 1.00. The molecular formula is C8H19NO2. The van der Waals surface area contributed by atoms with Crippen LogP contribution in [0, 0.1) is 0 Å². The van der Waals surface area contributed by atoms with Gasteiger partial charge in [0.25, 0.3) is 0 Å². The van der Waals surface area contributed by atoms with E-state index in [-0.39, 0.29) is 5.60 Å². The first-order valence-corrected chi connectivity index (χ1v) is 3.98. The Bertz CT molecular complexity index is 88.6. The van der Waals surface area contributed by atoms with E-state index in [1.807, 2.05) is 20.8 Å². The van der Waals surface area contributed by atoms with Gasteiger partial charge in [-0.2, -0.15) is 0 Å². The molecule has 0 amide bonds. The number of nitrogens with two attached hydrogens (primary N) is 1. The highest BCUT2D eigenvalue weighted by Gasteiger charge is 2.08. The normalized spacial score (nSPS) is 12.0. The van der Waals surface area contributed by atoms with Crippen LogP contribution < -0.4 is 5.73 Å². The van der Waals surface area contributed by atoms with E-state index in [0.717, 1.165) is 6.42 Å². The monoisotopic (exact) mass is 161 g/mol. The number of hydrogen-bond acceptors (Lipinski definition) is 3. The Morgan fingerprint density at radius 3 is 2.36 bits per heavy atom. The Morgan fingerprint density at radius 2 is 1.91 bits per heavy atom. The Hall–Kier alpha value is -0.120. The van der Waals surface area contributed by atoms with Crippen LogP contribution in [-0.2, 0) is 9.47 Å². The summed E-state index contributed by atoms with van der Waals surface area (Å²) in [6.45, 7) is 7.73. The molecule has 0 saturated heterocycles. The maximum Gasteiger partial charge on any atom is 0.147 e. The molecule has 0 unspecified atom stereocenters. The summed E-state index contributed by atoms with van der Waals surface area (Å²) in [6.07, 6.45) is 0.896. The van der Waals surface area contributed by atoms with Crippen LogP contribution in [0.15, 0.2) is 0 Å². The van der Waals surface area contributed by atoms with Gasteiger partial charge in [-0.15, -0.1) is 0 Å². The second kappa shape index (κ2) is 5.52. The van der Waals surface area contributed by atoms with Crippen LogP contribution >= 0.6 is 0 Å². The van der Waals surface area contributed by atoms with Crippen molar-refractivity contribution in [3.63, 3.8) is 0 Å². The van der Waals surface area contributed by atoms with Gasteiger partial charge in [-0.3, -0.25) is 0 Å². The van der Waals surface area contributed by atoms with Crippen molar-refractivity contribution in [3.05, 3.63) is 0 Å². The molecule has 0 heterocycles. The van der Waals surface area contributed by atoms with Gasteiger partial charge in [0, 0.05) is 0 Å². The predicted molar refractivity (Wildman–Crippen MR) is 45.3 cm³/mol. The van der Waals surface area contributed by atoms with E-state index in [9.17, 15) is 0 Å². The van der Waals surface area contributed by atoms with Crippen LogP contribution in [0.3, 0.4) is 0 Å². The minimum Gasteiger partial charge on any atom is -0.355 e. The first kappa shape index (κ1) is 10.9. The molecule has 0 aromatic rings. The molecule has 0 aromatic carbocycles. The lowest BCUT2D eigenvalue weighted by molar-refractivity contribution is -0.119. The van der Waals surface area contributed by atoms with E-state index in [0.29, 0.717) is 19.9 Å². The zero-order valence-corrected chi connectivity index (χ0v) is 7.72. The van der Waals surface area contributed by atoms with Crippen LogP contribution in [0.5, 0.6) is 0 Å². The first-order valence-electron chi connectivity index (χ1n) is 3.98. The second-order valence-electron chi connectivity index (χ2n) is 3.43. The summed E-state index contributed by atoms with van der Waals surface area (Å²) in [5.41, 5.74) is 5.17. The molecular weight excluding hydrogens is 142 g/mol. The van der Waals surface area contributed by atoms with Gasteiger partial charge in [-0.05, 0) is 33.7 Å². The van der Waals surface area contributed by atoms with Gasteiger partial charge in [-0.1, -0.05) is 0 Å². The molecule has 2 N–H and O–H groups in total. The molecule has 0 aliphatic carbocycles. The molecule has 0 aromatic heterocycles. The molecule has 0 fully saturated rings. The van der Waals surface area contributed by atoms with Gasteiger partial charge in [-0.25, -0.2) is 0 Å². The number of rotatable bonds is 5. The molecule has 0 aliphatic rings. The Morgan fingerprint density at radius 1 is 1.27 bits per heavy atom. The van der Waals surface area contributed by atoms with Crippen molar-refractivity contribution in [1.29, 1.82) is 0 Å². The van der Waals surface area contributed by atoms with Gasteiger partial charge in [0.05, 0.1) is 12.2 Å². The van der Waals surface area contributed by atoms with Gasteiger partial charge in [0.2, 0.25) is 0 Å². The lowest BCUT2D eigenvalue weighted by Crippen LogP contribution is -2.21. The minimum atomic E-state index is -0.108. The van der Waals surface area contributed by atoms with Gasteiger partial charge in [0.15, 0.2) is 0 Å². The van der Waals surface area contributed by atoms with Crippen LogP contribution in [0.4, 0.5) is 0 Å². The largest absolute Gasteiger partial charge is 0.355 e. The van der Waals surface area contributed by atoms with Crippen molar-refractivity contribution in [1.82, 2.24) is 0 Å². The summed E-state index contributed by atoms with van der Waals surface area (Å²) in [5, 5.41) is 0. The first-order chi connectivity index (χ1) is 5.06. The topological polar surface area (TPSA) is 44.5 Å². The van der Waals surface area contributed by atoms with Crippen LogP contribution in [0.1, 0.15) is 27.2 Å². The summed E-state index contributed by atoms with van der Waals surface area (Å²) in [5.74, 6) is 0. The van der Waals surface area contributed by atoms with E-state index in [2.05, 4.69) is 0 Å². The molecule has 0 bridgehead atoms. The summed E-state index contributed by atoms with van der Waals surface area (Å²) < 4.78 is 10.5. The van der Waals surface area contributed by atoms with Crippen LogP contribution in [-0.4, -0.2) is 25.5 Å². The Labute approximate surface area is 68.9 Å². The van der Waals surface area contributed by atoms with E-state index >= 15 is 0 Å². The summed E-state index contributed by atoms with van der Waals surface area (Å²) >= 11 is 0. The van der Waals surface area contributed by atoms with E-state index in [1.54, 1.807) is 0 Å². The molecule has 11 heavy (non-hydrogen) atoms. The molecule has 3 heteroatoms. The lowest BCUT2D eigenvalue weighted by Gasteiger charge is -2.18. The highest BCUT2D eigenvalue weighted by molar-refractivity contribution is 4.56. The third kappa shape index (κ3) is 9.88. The van der Waals surface area contributed by atoms with Crippen LogP contribution in [0.2, 0.25) is 0 Å². The van der Waals surface area contributed by atoms with Gasteiger partial charge in [0.1, 0.15) is 6.79 Å². The van der Waals surface area contributed by atoms with E-state index < -0.39 is 0 Å². The summed E-state index contributed by atoms with van der Waals surface area (Å²) in [4.78, 5) is 0.